The Morgan fingerprint density at radius 1 is 1.59 bits per heavy atom. The summed E-state index contributed by atoms with van der Waals surface area (Å²) >= 11 is 0. The molecule has 94 valence electrons. The molecule has 1 amide bonds. The van der Waals surface area contributed by atoms with E-state index in [1.807, 2.05) is 6.92 Å². The predicted molar refractivity (Wildman–Crippen MR) is 64.8 cm³/mol. The van der Waals surface area contributed by atoms with Gasteiger partial charge < -0.3 is 9.84 Å². The molecule has 0 saturated carbocycles. The normalized spacial score (nSPS) is 18.2. The molecule has 1 N–H and O–H groups in total. The number of carbonyl (C=O) groups is 1. The molecule has 2 heterocycles. The molecule has 1 aliphatic rings. The van der Waals surface area contributed by atoms with E-state index >= 15 is 0 Å². The second-order valence-electron chi connectivity index (χ2n) is 4.48. The first kappa shape index (κ1) is 12.1. The van der Waals surface area contributed by atoms with Gasteiger partial charge in [-0.3, -0.25) is 9.69 Å². The minimum atomic E-state index is -0.0468. The van der Waals surface area contributed by atoms with Crippen molar-refractivity contribution in [2.45, 2.75) is 39.2 Å². The van der Waals surface area contributed by atoms with Gasteiger partial charge in [0.1, 0.15) is 5.76 Å². The first-order valence-electron chi connectivity index (χ1n) is 6.19. The number of aromatic nitrogens is 1. The summed E-state index contributed by atoms with van der Waals surface area (Å²) in [7, 11) is 0. The molecule has 1 fully saturated rings. The number of anilines is 1. The van der Waals surface area contributed by atoms with Gasteiger partial charge in [0.2, 0.25) is 5.91 Å². The number of rotatable bonds is 4. The first-order chi connectivity index (χ1) is 8.20. The average Bonchev–Trinajstić information content (AvgIpc) is 2.92. The minimum Gasteiger partial charge on any atom is -0.360 e. The lowest BCUT2D eigenvalue weighted by Crippen LogP contribution is -2.42. The largest absolute Gasteiger partial charge is 0.360 e. The van der Waals surface area contributed by atoms with Crippen LogP contribution in [0.2, 0.25) is 0 Å². The fourth-order valence-electron chi connectivity index (χ4n) is 2.30. The SMILES string of the molecule is CC[C@@H](C(=O)Nc1cc(C)on1)N1CCCC1. The highest BCUT2D eigenvalue weighted by Gasteiger charge is 2.26. The Balaban J connectivity index is 1.97. The standard InChI is InChI=1S/C12H19N3O2/c1-3-10(15-6-4-5-7-15)12(16)13-11-8-9(2)17-14-11/h8,10H,3-7H2,1-2H3,(H,13,14,16)/t10-/m0/s1. The van der Waals surface area contributed by atoms with E-state index in [9.17, 15) is 4.79 Å². The Morgan fingerprint density at radius 3 is 2.82 bits per heavy atom. The molecular formula is C12H19N3O2. The summed E-state index contributed by atoms with van der Waals surface area (Å²) in [4.78, 5) is 14.3. The Kier molecular flexibility index (Phi) is 3.78. The summed E-state index contributed by atoms with van der Waals surface area (Å²) in [6.07, 6.45) is 3.20. The van der Waals surface area contributed by atoms with Crippen LogP contribution in [0.4, 0.5) is 5.82 Å². The maximum atomic E-state index is 12.1. The van der Waals surface area contributed by atoms with Crippen LogP contribution in [-0.2, 0) is 4.79 Å². The molecule has 0 radical (unpaired) electrons. The Labute approximate surface area is 101 Å². The van der Waals surface area contributed by atoms with Crippen LogP contribution < -0.4 is 5.32 Å². The number of likely N-dealkylation sites (tertiary alicyclic amines) is 1. The van der Waals surface area contributed by atoms with Gasteiger partial charge in [0.05, 0.1) is 6.04 Å². The number of amides is 1. The summed E-state index contributed by atoms with van der Waals surface area (Å²) in [5.74, 6) is 1.22. The lowest BCUT2D eigenvalue weighted by molar-refractivity contribution is -0.121. The lowest BCUT2D eigenvalue weighted by Gasteiger charge is -2.24. The van der Waals surface area contributed by atoms with Crippen LogP contribution in [-0.4, -0.2) is 35.1 Å². The number of aryl methyl sites for hydroxylation is 1. The highest BCUT2D eigenvalue weighted by atomic mass is 16.5. The molecule has 1 aromatic heterocycles. The molecule has 0 unspecified atom stereocenters. The van der Waals surface area contributed by atoms with Gasteiger partial charge in [-0.15, -0.1) is 0 Å². The van der Waals surface area contributed by atoms with Gasteiger partial charge in [0.25, 0.3) is 0 Å². The number of nitrogens with zero attached hydrogens (tertiary/aromatic N) is 2. The van der Waals surface area contributed by atoms with Crippen molar-refractivity contribution in [3.05, 3.63) is 11.8 Å². The zero-order chi connectivity index (χ0) is 12.3. The van der Waals surface area contributed by atoms with Gasteiger partial charge in [0, 0.05) is 6.07 Å². The third-order valence-corrected chi connectivity index (χ3v) is 3.15. The van der Waals surface area contributed by atoms with E-state index < -0.39 is 0 Å². The monoisotopic (exact) mass is 237 g/mol. The molecule has 0 aromatic carbocycles. The van der Waals surface area contributed by atoms with Gasteiger partial charge in [0.15, 0.2) is 5.82 Å². The quantitative estimate of drug-likeness (QED) is 0.867. The molecule has 1 aliphatic heterocycles. The topological polar surface area (TPSA) is 58.4 Å². The molecular weight excluding hydrogens is 218 g/mol. The smallest absolute Gasteiger partial charge is 0.242 e. The number of carbonyl (C=O) groups excluding carboxylic acids is 1. The third kappa shape index (κ3) is 2.85. The zero-order valence-corrected chi connectivity index (χ0v) is 10.4. The molecule has 17 heavy (non-hydrogen) atoms. The van der Waals surface area contributed by atoms with Crippen LogP contribution in [0, 0.1) is 6.92 Å². The van der Waals surface area contributed by atoms with Crippen LogP contribution in [0.3, 0.4) is 0 Å². The van der Waals surface area contributed by atoms with E-state index in [4.69, 9.17) is 4.52 Å². The second-order valence-corrected chi connectivity index (χ2v) is 4.48. The summed E-state index contributed by atoms with van der Waals surface area (Å²) in [6, 6.07) is 1.68. The summed E-state index contributed by atoms with van der Waals surface area (Å²) in [6.45, 7) is 5.88. The molecule has 2 rings (SSSR count). The van der Waals surface area contributed by atoms with E-state index in [1.54, 1.807) is 13.0 Å². The van der Waals surface area contributed by atoms with Gasteiger partial charge in [-0.1, -0.05) is 12.1 Å². The highest BCUT2D eigenvalue weighted by molar-refractivity contribution is 5.94. The van der Waals surface area contributed by atoms with Gasteiger partial charge in [-0.2, -0.15) is 0 Å². The van der Waals surface area contributed by atoms with Crippen LogP contribution >= 0.6 is 0 Å². The van der Waals surface area contributed by atoms with E-state index in [1.165, 1.54) is 12.8 Å². The third-order valence-electron chi connectivity index (χ3n) is 3.15. The Bertz CT molecular complexity index is 383. The van der Waals surface area contributed by atoms with Crippen molar-refractivity contribution in [3.8, 4) is 0 Å². The first-order valence-corrected chi connectivity index (χ1v) is 6.19. The van der Waals surface area contributed by atoms with E-state index in [0.717, 1.165) is 19.5 Å². The van der Waals surface area contributed by atoms with Crippen LogP contribution in [0.1, 0.15) is 31.9 Å². The van der Waals surface area contributed by atoms with Gasteiger partial charge >= 0.3 is 0 Å². The number of hydrogen-bond donors (Lipinski definition) is 1. The predicted octanol–water partition coefficient (Wildman–Crippen LogP) is 1.80. The van der Waals surface area contributed by atoms with Crippen molar-refractivity contribution in [2.75, 3.05) is 18.4 Å². The molecule has 1 aromatic rings. The van der Waals surface area contributed by atoms with Crippen molar-refractivity contribution in [1.82, 2.24) is 10.1 Å². The molecule has 0 aliphatic carbocycles. The molecule has 1 saturated heterocycles. The Hall–Kier alpha value is -1.36. The molecule has 0 spiro atoms. The zero-order valence-electron chi connectivity index (χ0n) is 10.4. The van der Waals surface area contributed by atoms with Crippen LogP contribution in [0.15, 0.2) is 10.6 Å². The van der Waals surface area contributed by atoms with Crippen molar-refractivity contribution in [2.24, 2.45) is 0 Å². The van der Waals surface area contributed by atoms with Crippen LogP contribution in [0.25, 0.3) is 0 Å². The van der Waals surface area contributed by atoms with Gasteiger partial charge in [-0.05, 0) is 39.3 Å². The average molecular weight is 237 g/mol. The molecule has 0 bridgehead atoms. The highest BCUT2D eigenvalue weighted by Crippen LogP contribution is 2.16. The van der Waals surface area contributed by atoms with E-state index in [2.05, 4.69) is 15.4 Å². The molecule has 5 heteroatoms. The summed E-state index contributed by atoms with van der Waals surface area (Å²) < 4.78 is 4.93. The van der Waals surface area contributed by atoms with Crippen molar-refractivity contribution >= 4 is 11.7 Å². The second kappa shape index (κ2) is 5.31. The summed E-state index contributed by atoms with van der Waals surface area (Å²) in [5, 5.41) is 6.58. The van der Waals surface area contributed by atoms with E-state index in [0.29, 0.717) is 11.6 Å². The fourth-order valence-corrected chi connectivity index (χ4v) is 2.30. The number of hydrogen-bond acceptors (Lipinski definition) is 4. The number of nitrogens with one attached hydrogen (secondary N) is 1. The molecule has 5 nitrogen and oxygen atoms in total. The Morgan fingerprint density at radius 2 is 2.29 bits per heavy atom. The minimum absolute atomic E-state index is 0.0164. The van der Waals surface area contributed by atoms with Crippen molar-refractivity contribution in [3.63, 3.8) is 0 Å². The molecule has 1 atom stereocenters. The maximum Gasteiger partial charge on any atom is 0.242 e. The van der Waals surface area contributed by atoms with Crippen molar-refractivity contribution < 1.29 is 9.32 Å². The fraction of sp³-hybridized carbons (Fsp3) is 0.667. The van der Waals surface area contributed by atoms with Gasteiger partial charge in [-0.25, -0.2) is 0 Å². The van der Waals surface area contributed by atoms with Crippen molar-refractivity contribution in [1.29, 1.82) is 0 Å². The lowest BCUT2D eigenvalue weighted by atomic mass is 10.2. The van der Waals surface area contributed by atoms with E-state index in [-0.39, 0.29) is 11.9 Å². The van der Waals surface area contributed by atoms with Crippen LogP contribution in [0.5, 0.6) is 0 Å². The summed E-state index contributed by atoms with van der Waals surface area (Å²) in [5.41, 5.74) is 0. The maximum absolute atomic E-state index is 12.1.